The van der Waals surface area contributed by atoms with Crippen molar-refractivity contribution in [2.45, 2.75) is 31.8 Å². The first-order valence-electron chi connectivity index (χ1n) is 7.54. The second kappa shape index (κ2) is 6.26. The predicted molar refractivity (Wildman–Crippen MR) is 80.4 cm³/mol. The van der Waals surface area contributed by atoms with Gasteiger partial charge in [-0.05, 0) is 37.8 Å². The summed E-state index contributed by atoms with van der Waals surface area (Å²) in [6.07, 6.45) is 10.2. The van der Waals surface area contributed by atoms with E-state index in [9.17, 15) is 4.79 Å². The number of amides is 1. The summed E-state index contributed by atoms with van der Waals surface area (Å²) in [5.41, 5.74) is 1.55. The van der Waals surface area contributed by atoms with Crippen LogP contribution in [-0.2, 0) is 4.74 Å². The minimum Gasteiger partial charge on any atom is -0.378 e. The van der Waals surface area contributed by atoms with Gasteiger partial charge in [0.1, 0.15) is 5.65 Å². The monoisotopic (exact) mass is 287 g/mol. The zero-order valence-corrected chi connectivity index (χ0v) is 12.4. The number of carbonyl (C=O) groups is 1. The quantitative estimate of drug-likeness (QED) is 0.848. The van der Waals surface area contributed by atoms with Crippen LogP contribution in [0.15, 0.2) is 30.7 Å². The van der Waals surface area contributed by atoms with Crippen LogP contribution in [0.4, 0.5) is 0 Å². The molecular formula is C16H21N3O2. The highest BCUT2D eigenvalue weighted by Gasteiger charge is 2.16. The smallest absolute Gasteiger partial charge is 0.255 e. The van der Waals surface area contributed by atoms with Crippen LogP contribution in [-0.4, -0.2) is 46.5 Å². The maximum atomic E-state index is 12.4. The van der Waals surface area contributed by atoms with E-state index in [0.29, 0.717) is 11.7 Å². The highest BCUT2D eigenvalue weighted by molar-refractivity contribution is 5.94. The molecule has 5 heteroatoms. The standard InChI is InChI=1S/C16H21N3O2/c1-18(9-2-4-14-5-3-11-21-14)16(20)13-6-7-15-17-8-10-19(15)12-13/h6-8,10,12,14H,2-5,9,11H2,1H3. The largest absolute Gasteiger partial charge is 0.378 e. The molecule has 1 aliphatic rings. The van der Waals surface area contributed by atoms with Gasteiger partial charge in [0.25, 0.3) is 5.91 Å². The van der Waals surface area contributed by atoms with Crippen LogP contribution in [0.2, 0.25) is 0 Å². The van der Waals surface area contributed by atoms with E-state index in [2.05, 4.69) is 4.98 Å². The molecule has 5 nitrogen and oxygen atoms in total. The van der Waals surface area contributed by atoms with Crippen LogP contribution in [0.25, 0.3) is 5.65 Å². The molecule has 0 N–H and O–H groups in total. The summed E-state index contributed by atoms with van der Waals surface area (Å²) in [4.78, 5) is 18.4. The third-order valence-corrected chi connectivity index (χ3v) is 4.03. The molecule has 1 saturated heterocycles. The molecule has 0 aromatic carbocycles. The average molecular weight is 287 g/mol. The SMILES string of the molecule is CN(CCCC1CCCO1)C(=O)c1ccc2nccn2c1. The summed E-state index contributed by atoms with van der Waals surface area (Å²) in [7, 11) is 1.86. The molecule has 0 bridgehead atoms. The Hall–Kier alpha value is -1.88. The van der Waals surface area contributed by atoms with Crippen molar-refractivity contribution in [3.63, 3.8) is 0 Å². The van der Waals surface area contributed by atoms with Gasteiger partial charge in [-0.25, -0.2) is 4.98 Å². The van der Waals surface area contributed by atoms with Crippen LogP contribution in [0.1, 0.15) is 36.0 Å². The molecule has 1 unspecified atom stereocenters. The number of imidazole rings is 1. The zero-order chi connectivity index (χ0) is 14.7. The Bertz CT molecular complexity index is 617. The van der Waals surface area contributed by atoms with Crippen LogP contribution >= 0.6 is 0 Å². The van der Waals surface area contributed by atoms with E-state index < -0.39 is 0 Å². The fourth-order valence-electron chi connectivity index (χ4n) is 2.80. The van der Waals surface area contributed by atoms with Crippen LogP contribution in [0.3, 0.4) is 0 Å². The van der Waals surface area contributed by atoms with E-state index in [1.54, 1.807) is 11.1 Å². The Balaban J connectivity index is 1.55. The first-order valence-corrected chi connectivity index (χ1v) is 7.54. The van der Waals surface area contributed by atoms with Crippen molar-refractivity contribution >= 4 is 11.6 Å². The van der Waals surface area contributed by atoms with Crippen LogP contribution < -0.4 is 0 Å². The number of ether oxygens (including phenoxy) is 1. The summed E-state index contributed by atoms with van der Waals surface area (Å²) in [6, 6.07) is 3.70. The molecule has 0 aliphatic carbocycles. The van der Waals surface area contributed by atoms with Crippen molar-refractivity contribution < 1.29 is 9.53 Å². The van der Waals surface area contributed by atoms with Gasteiger partial charge < -0.3 is 14.0 Å². The van der Waals surface area contributed by atoms with Crippen molar-refractivity contribution in [3.8, 4) is 0 Å². The summed E-state index contributed by atoms with van der Waals surface area (Å²) in [5, 5.41) is 0. The number of carbonyl (C=O) groups excluding carboxylic acids is 1. The lowest BCUT2D eigenvalue weighted by Gasteiger charge is -2.18. The van der Waals surface area contributed by atoms with Gasteiger partial charge in [-0.3, -0.25) is 4.79 Å². The maximum absolute atomic E-state index is 12.4. The number of hydrogen-bond donors (Lipinski definition) is 0. The van der Waals surface area contributed by atoms with Gasteiger partial charge in [0.2, 0.25) is 0 Å². The third kappa shape index (κ3) is 3.24. The van der Waals surface area contributed by atoms with Gasteiger partial charge >= 0.3 is 0 Å². The fraction of sp³-hybridized carbons (Fsp3) is 0.500. The normalized spacial score (nSPS) is 18.2. The van der Waals surface area contributed by atoms with E-state index in [4.69, 9.17) is 4.74 Å². The zero-order valence-electron chi connectivity index (χ0n) is 12.4. The molecule has 1 atom stereocenters. The summed E-state index contributed by atoms with van der Waals surface area (Å²) >= 11 is 0. The lowest BCUT2D eigenvalue weighted by Crippen LogP contribution is -2.28. The minimum atomic E-state index is 0.0536. The topological polar surface area (TPSA) is 46.8 Å². The maximum Gasteiger partial charge on any atom is 0.255 e. The second-order valence-corrected chi connectivity index (χ2v) is 5.61. The number of nitrogens with zero attached hydrogens (tertiary/aromatic N) is 3. The molecule has 1 fully saturated rings. The molecule has 3 rings (SSSR count). The Kier molecular flexibility index (Phi) is 4.20. The Morgan fingerprint density at radius 1 is 1.52 bits per heavy atom. The lowest BCUT2D eigenvalue weighted by atomic mass is 10.1. The van der Waals surface area contributed by atoms with Gasteiger partial charge in [0.15, 0.2) is 0 Å². The van der Waals surface area contributed by atoms with E-state index >= 15 is 0 Å². The minimum absolute atomic E-state index is 0.0536. The fourth-order valence-corrected chi connectivity index (χ4v) is 2.80. The average Bonchev–Trinajstić information content (AvgIpc) is 3.16. The second-order valence-electron chi connectivity index (χ2n) is 5.61. The molecule has 0 radical (unpaired) electrons. The summed E-state index contributed by atoms with van der Waals surface area (Å²) in [5.74, 6) is 0.0536. The van der Waals surface area contributed by atoms with Crippen LogP contribution in [0.5, 0.6) is 0 Å². The van der Waals surface area contributed by atoms with Gasteiger partial charge in [0, 0.05) is 38.8 Å². The Morgan fingerprint density at radius 3 is 3.24 bits per heavy atom. The lowest BCUT2D eigenvalue weighted by molar-refractivity contribution is 0.0762. The van der Waals surface area contributed by atoms with Crippen molar-refractivity contribution in [1.29, 1.82) is 0 Å². The third-order valence-electron chi connectivity index (χ3n) is 4.03. The number of pyridine rings is 1. The van der Waals surface area contributed by atoms with Crippen molar-refractivity contribution in [3.05, 3.63) is 36.3 Å². The first kappa shape index (κ1) is 14.1. The van der Waals surface area contributed by atoms with Crippen molar-refractivity contribution in [1.82, 2.24) is 14.3 Å². The highest BCUT2D eigenvalue weighted by atomic mass is 16.5. The molecule has 1 aliphatic heterocycles. The molecule has 3 heterocycles. The van der Waals surface area contributed by atoms with Crippen molar-refractivity contribution in [2.75, 3.05) is 20.2 Å². The summed E-state index contributed by atoms with van der Waals surface area (Å²) < 4.78 is 7.47. The number of rotatable bonds is 5. The highest BCUT2D eigenvalue weighted by Crippen LogP contribution is 2.17. The Morgan fingerprint density at radius 2 is 2.43 bits per heavy atom. The van der Waals surface area contributed by atoms with E-state index in [-0.39, 0.29) is 5.91 Å². The Labute approximate surface area is 124 Å². The van der Waals surface area contributed by atoms with Crippen LogP contribution in [0, 0.1) is 0 Å². The number of aromatic nitrogens is 2. The predicted octanol–water partition coefficient (Wildman–Crippen LogP) is 2.37. The molecule has 0 spiro atoms. The van der Waals surface area contributed by atoms with Gasteiger partial charge in [-0.2, -0.15) is 0 Å². The molecule has 2 aromatic heterocycles. The molecule has 0 saturated carbocycles. The van der Waals surface area contributed by atoms with E-state index in [1.165, 1.54) is 6.42 Å². The van der Waals surface area contributed by atoms with Gasteiger partial charge in [-0.15, -0.1) is 0 Å². The van der Waals surface area contributed by atoms with E-state index in [1.807, 2.05) is 36.0 Å². The van der Waals surface area contributed by atoms with Gasteiger partial charge in [0.05, 0.1) is 11.7 Å². The van der Waals surface area contributed by atoms with Crippen molar-refractivity contribution in [2.24, 2.45) is 0 Å². The molecule has 21 heavy (non-hydrogen) atoms. The van der Waals surface area contributed by atoms with Gasteiger partial charge in [-0.1, -0.05) is 0 Å². The number of hydrogen-bond acceptors (Lipinski definition) is 3. The number of fused-ring (bicyclic) bond motifs is 1. The molecule has 112 valence electrons. The summed E-state index contributed by atoms with van der Waals surface area (Å²) in [6.45, 7) is 1.66. The first-order chi connectivity index (χ1) is 10.2. The van der Waals surface area contributed by atoms with E-state index in [0.717, 1.165) is 38.1 Å². The molecule has 2 aromatic rings. The molecule has 1 amide bonds. The molecular weight excluding hydrogens is 266 g/mol.